The van der Waals surface area contributed by atoms with Gasteiger partial charge in [0.2, 0.25) is 0 Å². The summed E-state index contributed by atoms with van der Waals surface area (Å²) in [6.45, 7) is 0. The van der Waals surface area contributed by atoms with Gasteiger partial charge in [-0.3, -0.25) is 0 Å². The summed E-state index contributed by atoms with van der Waals surface area (Å²) in [7, 11) is 1.37. The van der Waals surface area contributed by atoms with Crippen LogP contribution in [0, 0.1) is 0 Å². The molecule has 0 amide bonds. The molecule has 1 heterocycles. The number of aromatic amines is 1. The van der Waals surface area contributed by atoms with E-state index in [1.807, 2.05) is 0 Å². The Kier molecular flexibility index (Phi) is 2.82. The standard InChI is InChI=1S/C7H10N2O3/c1-12-6(7(10)11)2-5-3-8-4-9-5/h3-4,6H,2H2,1H3,(H,8,9)(H,10,11). The average Bonchev–Trinajstić information content (AvgIpc) is 2.51. The Bertz CT molecular complexity index is 245. The highest BCUT2D eigenvalue weighted by Crippen LogP contribution is 2.01. The quantitative estimate of drug-likeness (QED) is 0.669. The monoisotopic (exact) mass is 170 g/mol. The highest BCUT2D eigenvalue weighted by atomic mass is 16.5. The number of nitrogens with zero attached hydrogens (tertiary/aromatic N) is 1. The fourth-order valence-electron chi connectivity index (χ4n) is 0.868. The van der Waals surface area contributed by atoms with Crippen molar-refractivity contribution in [1.82, 2.24) is 9.97 Å². The van der Waals surface area contributed by atoms with Crippen molar-refractivity contribution in [3.05, 3.63) is 18.2 Å². The largest absolute Gasteiger partial charge is 0.479 e. The first-order valence-electron chi connectivity index (χ1n) is 3.47. The molecule has 0 fully saturated rings. The maximum absolute atomic E-state index is 10.5. The molecular formula is C7H10N2O3. The average molecular weight is 170 g/mol. The zero-order valence-electron chi connectivity index (χ0n) is 6.65. The molecule has 0 bridgehead atoms. The van der Waals surface area contributed by atoms with Crippen molar-refractivity contribution in [2.75, 3.05) is 7.11 Å². The van der Waals surface area contributed by atoms with Crippen LogP contribution in [0.5, 0.6) is 0 Å². The van der Waals surface area contributed by atoms with Crippen molar-refractivity contribution in [1.29, 1.82) is 0 Å². The van der Waals surface area contributed by atoms with Gasteiger partial charge in [0.1, 0.15) is 0 Å². The lowest BCUT2D eigenvalue weighted by molar-refractivity contribution is -0.148. The molecule has 5 nitrogen and oxygen atoms in total. The first-order chi connectivity index (χ1) is 5.74. The van der Waals surface area contributed by atoms with E-state index >= 15 is 0 Å². The Morgan fingerprint density at radius 2 is 2.67 bits per heavy atom. The molecule has 12 heavy (non-hydrogen) atoms. The van der Waals surface area contributed by atoms with E-state index in [4.69, 9.17) is 9.84 Å². The van der Waals surface area contributed by atoms with E-state index in [-0.39, 0.29) is 0 Å². The van der Waals surface area contributed by atoms with Crippen LogP contribution < -0.4 is 0 Å². The van der Waals surface area contributed by atoms with Crippen molar-refractivity contribution >= 4 is 5.97 Å². The number of aliphatic carboxylic acids is 1. The Labute approximate surface area is 69.4 Å². The van der Waals surface area contributed by atoms with E-state index < -0.39 is 12.1 Å². The summed E-state index contributed by atoms with van der Waals surface area (Å²) in [5.74, 6) is -0.966. The van der Waals surface area contributed by atoms with Crippen molar-refractivity contribution in [3.8, 4) is 0 Å². The molecule has 0 aromatic carbocycles. The van der Waals surface area contributed by atoms with E-state index in [1.165, 1.54) is 13.4 Å². The van der Waals surface area contributed by atoms with Crippen LogP contribution >= 0.6 is 0 Å². The molecule has 0 saturated carbocycles. The van der Waals surface area contributed by atoms with Crippen LogP contribution in [0.2, 0.25) is 0 Å². The molecule has 0 spiro atoms. The third kappa shape index (κ3) is 2.06. The smallest absolute Gasteiger partial charge is 0.333 e. The van der Waals surface area contributed by atoms with Crippen LogP contribution in [0.1, 0.15) is 5.69 Å². The van der Waals surface area contributed by atoms with Crippen LogP contribution in [0.15, 0.2) is 12.5 Å². The lowest BCUT2D eigenvalue weighted by Crippen LogP contribution is -2.24. The molecule has 1 aromatic rings. The molecule has 2 N–H and O–H groups in total. The fourth-order valence-corrected chi connectivity index (χ4v) is 0.868. The lowest BCUT2D eigenvalue weighted by Gasteiger charge is -2.07. The number of imidazole rings is 1. The second-order valence-corrected chi connectivity index (χ2v) is 2.34. The predicted molar refractivity (Wildman–Crippen MR) is 40.7 cm³/mol. The van der Waals surface area contributed by atoms with E-state index in [0.717, 1.165) is 5.69 Å². The minimum absolute atomic E-state index is 0.311. The highest BCUT2D eigenvalue weighted by Gasteiger charge is 2.16. The number of H-pyrrole nitrogens is 1. The normalized spacial score (nSPS) is 12.8. The summed E-state index contributed by atoms with van der Waals surface area (Å²) >= 11 is 0. The summed E-state index contributed by atoms with van der Waals surface area (Å²) in [5.41, 5.74) is 0.754. The lowest BCUT2D eigenvalue weighted by atomic mass is 10.2. The molecule has 5 heteroatoms. The third-order valence-corrected chi connectivity index (χ3v) is 1.52. The first-order valence-corrected chi connectivity index (χ1v) is 3.47. The third-order valence-electron chi connectivity index (χ3n) is 1.52. The first kappa shape index (κ1) is 8.73. The van der Waals surface area contributed by atoms with E-state index in [2.05, 4.69) is 9.97 Å². The van der Waals surface area contributed by atoms with Crippen molar-refractivity contribution in [2.24, 2.45) is 0 Å². The van der Waals surface area contributed by atoms with Gasteiger partial charge in [0.05, 0.1) is 6.33 Å². The molecule has 0 aliphatic carbocycles. The molecular weight excluding hydrogens is 160 g/mol. The molecule has 0 aliphatic rings. The number of hydrogen-bond acceptors (Lipinski definition) is 3. The summed E-state index contributed by atoms with van der Waals surface area (Å²) in [5, 5.41) is 8.61. The van der Waals surface area contributed by atoms with Crippen molar-refractivity contribution in [2.45, 2.75) is 12.5 Å². The zero-order chi connectivity index (χ0) is 8.97. The molecule has 1 rings (SSSR count). The Morgan fingerprint density at radius 1 is 1.92 bits per heavy atom. The molecule has 0 saturated heterocycles. The fraction of sp³-hybridized carbons (Fsp3) is 0.429. The van der Waals surface area contributed by atoms with Crippen LogP contribution in [0.4, 0.5) is 0 Å². The number of nitrogens with one attached hydrogen (secondary N) is 1. The van der Waals surface area contributed by atoms with Gasteiger partial charge in [-0.05, 0) is 0 Å². The number of ether oxygens (including phenoxy) is 1. The second kappa shape index (κ2) is 3.87. The van der Waals surface area contributed by atoms with Crippen LogP contribution in [0.25, 0.3) is 0 Å². The Hall–Kier alpha value is -1.36. The van der Waals surface area contributed by atoms with Crippen LogP contribution in [-0.4, -0.2) is 34.3 Å². The summed E-state index contributed by atoms with van der Waals surface area (Å²) < 4.78 is 4.74. The van der Waals surface area contributed by atoms with E-state index in [1.54, 1.807) is 6.20 Å². The Balaban J connectivity index is 2.54. The SMILES string of the molecule is COC(Cc1cnc[nH]1)C(=O)O. The van der Waals surface area contributed by atoms with Gasteiger partial charge in [0, 0.05) is 25.4 Å². The number of hydrogen-bond donors (Lipinski definition) is 2. The number of rotatable bonds is 4. The number of aromatic nitrogens is 2. The van der Waals surface area contributed by atoms with E-state index in [0.29, 0.717) is 6.42 Å². The van der Waals surface area contributed by atoms with Crippen molar-refractivity contribution in [3.63, 3.8) is 0 Å². The van der Waals surface area contributed by atoms with Crippen LogP contribution in [-0.2, 0) is 16.0 Å². The number of carboxylic acid groups (broad SMARTS) is 1. The van der Waals surface area contributed by atoms with Gasteiger partial charge in [-0.15, -0.1) is 0 Å². The summed E-state index contributed by atoms with van der Waals surface area (Å²) in [6, 6.07) is 0. The van der Waals surface area contributed by atoms with Crippen molar-refractivity contribution < 1.29 is 14.6 Å². The van der Waals surface area contributed by atoms with Gasteiger partial charge >= 0.3 is 5.97 Å². The van der Waals surface area contributed by atoms with Gasteiger partial charge in [-0.25, -0.2) is 9.78 Å². The minimum Gasteiger partial charge on any atom is -0.479 e. The number of carbonyl (C=O) groups is 1. The molecule has 1 aromatic heterocycles. The Morgan fingerprint density at radius 3 is 3.08 bits per heavy atom. The van der Waals surface area contributed by atoms with E-state index in [9.17, 15) is 4.79 Å². The minimum atomic E-state index is -0.966. The maximum atomic E-state index is 10.5. The molecule has 66 valence electrons. The topological polar surface area (TPSA) is 75.2 Å². The predicted octanol–water partition coefficient (Wildman–Crippen LogP) is 0.0518. The molecule has 0 aliphatic heterocycles. The van der Waals surface area contributed by atoms with Gasteiger partial charge in [-0.1, -0.05) is 0 Å². The molecule has 1 atom stereocenters. The summed E-state index contributed by atoms with van der Waals surface area (Å²) in [4.78, 5) is 17.1. The molecule has 0 radical (unpaired) electrons. The zero-order valence-corrected chi connectivity index (χ0v) is 6.65. The van der Waals surface area contributed by atoms with Gasteiger partial charge in [0.25, 0.3) is 0 Å². The molecule has 1 unspecified atom stereocenters. The van der Waals surface area contributed by atoms with Gasteiger partial charge < -0.3 is 14.8 Å². The van der Waals surface area contributed by atoms with Gasteiger partial charge in [-0.2, -0.15) is 0 Å². The summed E-state index contributed by atoms with van der Waals surface area (Å²) in [6.07, 6.45) is 2.59. The maximum Gasteiger partial charge on any atom is 0.333 e. The highest BCUT2D eigenvalue weighted by molar-refractivity contribution is 5.72. The number of carboxylic acids is 1. The number of methoxy groups -OCH3 is 1. The van der Waals surface area contributed by atoms with Gasteiger partial charge in [0.15, 0.2) is 6.10 Å². The van der Waals surface area contributed by atoms with Crippen LogP contribution in [0.3, 0.4) is 0 Å². The second-order valence-electron chi connectivity index (χ2n) is 2.34.